The molecule has 0 bridgehead atoms. The lowest BCUT2D eigenvalue weighted by molar-refractivity contribution is -0.132. The number of esters is 1. The first-order valence-electron chi connectivity index (χ1n) is 11.0. The molecule has 1 fully saturated rings. The van der Waals surface area contributed by atoms with E-state index in [-0.39, 0.29) is 29.7 Å². The third kappa shape index (κ3) is 4.29. The van der Waals surface area contributed by atoms with E-state index >= 15 is 0 Å². The van der Waals surface area contributed by atoms with Crippen LogP contribution in [0, 0.1) is 5.92 Å². The Hall–Kier alpha value is -3.80. The summed E-state index contributed by atoms with van der Waals surface area (Å²) in [5, 5.41) is 2.14. The fraction of sp³-hybridized carbons (Fsp3) is 0.259. The highest BCUT2D eigenvalue weighted by molar-refractivity contribution is 5.97. The fourth-order valence-corrected chi connectivity index (χ4v) is 4.50. The number of para-hydroxylation sites is 1. The topological polar surface area (TPSA) is 71.1 Å². The average Bonchev–Trinajstić information content (AvgIpc) is 2.85. The van der Waals surface area contributed by atoms with Crippen LogP contribution in [-0.2, 0) is 14.3 Å². The summed E-state index contributed by atoms with van der Waals surface area (Å²) in [6.45, 7) is 0. The van der Waals surface area contributed by atoms with Crippen molar-refractivity contribution in [2.45, 2.75) is 31.5 Å². The Kier molecular flexibility index (Phi) is 5.73. The number of allylic oxidation sites excluding steroid dienone is 1. The molecule has 5 rings (SSSR count). The maximum absolute atomic E-state index is 13.1. The SMILES string of the molecule is COc1ccccc1C(=O)OC1CCC2C(=O)C(Oc3ccc4ccccc4c3)=COC2C1. The molecular weight excluding hydrogens is 420 g/mol. The van der Waals surface area contributed by atoms with Crippen LogP contribution in [0.1, 0.15) is 29.6 Å². The smallest absolute Gasteiger partial charge is 0.342 e. The van der Waals surface area contributed by atoms with Gasteiger partial charge in [-0.05, 0) is 47.9 Å². The number of carbonyl (C=O) groups is 2. The molecule has 6 heteroatoms. The van der Waals surface area contributed by atoms with E-state index in [1.165, 1.54) is 13.4 Å². The number of hydrogen-bond acceptors (Lipinski definition) is 6. The number of ketones is 1. The summed E-state index contributed by atoms with van der Waals surface area (Å²) in [5.74, 6) is 0.443. The highest BCUT2D eigenvalue weighted by atomic mass is 16.6. The van der Waals surface area contributed by atoms with Crippen LogP contribution in [0.2, 0.25) is 0 Å². The molecule has 0 aromatic heterocycles. The van der Waals surface area contributed by atoms with Gasteiger partial charge in [0.2, 0.25) is 11.5 Å². The monoisotopic (exact) mass is 444 g/mol. The highest BCUT2D eigenvalue weighted by Gasteiger charge is 2.42. The zero-order chi connectivity index (χ0) is 22.8. The first-order valence-corrected chi connectivity index (χ1v) is 11.0. The van der Waals surface area contributed by atoms with Crippen molar-refractivity contribution in [3.05, 3.63) is 84.3 Å². The van der Waals surface area contributed by atoms with Crippen molar-refractivity contribution in [3.8, 4) is 11.5 Å². The molecule has 6 nitrogen and oxygen atoms in total. The molecular formula is C27H24O6. The highest BCUT2D eigenvalue weighted by Crippen LogP contribution is 2.36. The number of hydrogen-bond donors (Lipinski definition) is 0. The largest absolute Gasteiger partial charge is 0.496 e. The number of ether oxygens (including phenoxy) is 4. The standard InChI is InChI=1S/C27H24O6/c1-30-23-9-5-4-8-22(23)27(29)33-20-12-13-21-24(15-20)31-16-25(26(21)28)32-19-11-10-17-6-2-3-7-18(17)14-19/h2-11,14,16,20-21,24H,12-13,15H2,1H3. The molecule has 2 aliphatic rings. The summed E-state index contributed by atoms with van der Waals surface area (Å²) in [4.78, 5) is 25.7. The summed E-state index contributed by atoms with van der Waals surface area (Å²) in [5.41, 5.74) is 0.383. The van der Waals surface area contributed by atoms with E-state index in [9.17, 15) is 9.59 Å². The molecule has 1 aliphatic carbocycles. The minimum absolute atomic E-state index is 0.0751. The Labute approximate surface area is 191 Å². The minimum atomic E-state index is -0.436. The number of fused-ring (bicyclic) bond motifs is 2. The first kappa shape index (κ1) is 21.1. The quantitative estimate of drug-likeness (QED) is 0.512. The average molecular weight is 444 g/mol. The lowest BCUT2D eigenvalue weighted by atomic mass is 9.80. The Morgan fingerprint density at radius 2 is 1.76 bits per heavy atom. The van der Waals surface area contributed by atoms with Gasteiger partial charge in [0.1, 0.15) is 35.5 Å². The fourth-order valence-electron chi connectivity index (χ4n) is 4.50. The summed E-state index contributed by atoms with van der Waals surface area (Å²) in [7, 11) is 1.52. The normalized spacial score (nSPS) is 22.0. The van der Waals surface area contributed by atoms with Crippen molar-refractivity contribution < 1.29 is 28.5 Å². The van der Waals surface area contributed by atoms with Crippen LogP contribution in [0.25, 0.3) is 10.8 Å². The van der Waals surface area contributed by atoms with E-state index in [1.54, 1.807) is 24.3 Å². The molecule has 3 unspecified atom stereocenters. The van der Waals surface area contributed by atoms with Crippen LogP contribution >= 0.6 is 0 Å². The van der Waals surface area contributed by atoms with Crippen molar-refractivity contribution in [1.29, 1.82) is 0 Å². The number of carbonyl (C=O) groups excluding carboxylic acids is 2. The Morgan fingerprint density at radius 1 is 0.970 bits per heavy atom. The molecule has 1 aliphatic heterocycles. The number of benzene rings is 3. The van der Waals surface area contributed by atoms with Crippen LogP contribution in [0.15, 0.2) is 78.8 Å². The van der Waals surface area contributed by atoms with Crippen LogP contribution in [0.5, 0.6) is 11.5 Å². The molecule has 1 saturated carbocycles. The van der Waals surface area contributed by atoms with E-state index in [0.717, 1.165) is 10.8 Å². The second kappa shape index (κ2) is 8.98. The Bertz CT molecular complexity index is 1230. The second-order valence-electron chi connectivity index (χ2n) is 8.28. The molecule has 0 spiro atoms. The van der Waals surface area contributed by atoms with Crippen LogP contribution in [0.3, 0.4) is 0 Å². The van der Waals surface area contributed by atoms with Gasteiger partial charge in [-0.3, -0.25) is 4.79 Å². The molecule has 3 aromatic carbocycles. The molecule has 0 saturated heterocycles. The van der Waals surface area contributed by atoms with Crippen LogP contribution in [0.4, 0.5) is 0 Å². The third-order valence-corrected chi connectivity index (χ3v) is 6.22. The molecule has 0 N–H and O–H groups in total. The van der Waals surface area contributed by atoms with E-state index in [1.807, 2.05) is 42.5 Å². The molecule has 0 amide bonds. The molecule has 0 radical (unpaired) electrons. The summed E-state index contributed by atoms with van der Waals surface area (Å²) < 4.78 is 22.7. The van der Waals surface area contributed by atoms with Crippen LogP contribution < -0.4 is 9.47 Å². The number of Topliss-reactive ketones (excluding diaryl/α,β-unsaturated/α-hetero) is 1. The van der Waals surface area contributed by atoms with Crippen molar-refractivity contribution in [1.82, 2.24) is 0 Å². The van der Waals surface area contributed by atoms with Gasteiger partial charge in [-0.2, -0.15) is 0 Å². The van der Waals surface area contributed by atoms with E-state index < -0.39 is 5.97 Å². The molecule has 33 heavy (non-hydrogen) atoms. The van der Waals surface area contributed by atoms with Gasteiger partial charge in [-0.1, -0.05) is 42.5 Å². The van der Waals surface area contributed by atoms with Gasteiger partial charge in [0.05, 0.1) is 13.0 Å². The van der Waals surface area contributed by atoms with Gasteiger partial charge >= 0.3 is 5.97 Å². The lowest BCUT2D eigenvalue weighted by Crippen LogP contribution is -2.43. The minimum Gasteiger partial charge on any atom is -0.496 e. The van der Waals surface area contributed by atoms with Crippen molar-refractivity contribution in [3.63, 3.8) is 0 Å². The van der Waals surface area contributed by atoms with E-state index in [4.69, 9.17) is 18.9 Å². The summed E-state index contributed by atoms with van der Waals surface area (Å²) in [6, 6.07) is 20.6. The number of rotatable bonds is 5. The van der Waals surface area contributed by atoms with Crippen molar-refractivity contribution in [2.75, 3.05) is 7.11 Å². The van der Waals surface area contributed by atoms with E-state index in [2.05, 4.69) is 0 Å². The Morgan fingerprint density at radius 3 is 2.61 bits per heavy atom. The lowest BCUT2D eigenvalue weighted by Gasteiger charge is -2.36. The summed E-state index contributed by atoms with van der Waals surface area (Å²) in [6.07, 6.45) is 2.32. The van der Waals surface area contributed by atoms with Gasteiger partial charge in [0.15, 0.2) is 0 Å². The van der Waals surface area contributed by atoms with Gasteiger partial charge in [0.25, 0.3) is 0 Å². The molecule has 3 aromatic rings. The molecule has 3 atom stereocenters. The van der Waals surface area contributed by atoms with Crippen molar-refractivity contribution >= 4 is 22.5 Å². The first-order chi connectivity index (χ1) is 16.1. The molecule has 168 valence electrons. The Balaban J connectivity index is 1.24. The zero-order valence-corrected chi connectivity index (χ0v) is 18.2. The van der Waals surface area contributed by atoms with Gasteiger partial charge in [-0.15, -0.1) is 0 Å². The predicted octanol–water partition coefficient (Wildman–Crippen LogP) is 5.06. The zero-order valence-electron chi connectivity index (χ0n) is 18.2. The maximum Gasteiger partial charge on any atom is 0.342 e. The van der Waals surface area contributed by atoms with Gasteiger partial charge in [-0.25, -0.2) is 4.79 Å². The summed E-state index contributed by atoms with van der Waals surface area (Å²) >= 11 is 0. The molecule has 1 heterocycles. The maximum atomic E-state index is 13.1. The van der Waals surface area contributed by atoms with Crippen LogP contribution in [-0.4, -0.2) is 31.1 Å². The van der Waals surface area contributed by atoms with E-state index in [0.29, 0.717) is 36.3 Å². The van der Waals surface area contributed by atoms with Gasteiger partial charge < -0.3 is 18.9 Å². The third-order valence-electron chi connectivity index (χ3n) is 6.22. The van der Waals surface area contributed by atoms with Crippen molar-refractivity contribution in [2.24, 2.45) is 5.92 Å². The van der Waals surface area contributed by atoms with Gasteiger partial charge in [0, 0.05) is 6.42 Å². The predicted molar refractivity (Wildman–Crippen MR) is 122 cm³/mol. The second-order valence-corrected chi connectivity index (χ2v) is 8.28. The number of methoxy groups -OCH3 is 1.